The molecule has 0 atom stereocenters. The van der Waals surface area contributed by atoms with Crippen LogP contribution in [0.25, 0.3) is 0 Å². The standard InChI is InChI=1S/C10H16N4/c1-3-5-6-7-11-8-10-13-12-9-14(10)4-2/h9,11H,4,6-8H2,1-2H3. The first-order valence-electron chi connectivity index (χ1n) is 4.85. The van der Waals surface area contributed by atoms with Crippen LogP contribution in [0.4, 0.5) is 0 Å². The minimum absolute atomic E-state index is 0.763. The van der Waals surface area contributed by atoms with Crippen molar-refractivity contribution in [3.05, 3.63) is 12.2 Å². The molecular formula is C10H16N4. The van der Waals surface area contributed by atoms with Gasteiger partial charge in [-0.1, -0.05) is 0 Å². The van der Waals surface area contributed by atoms with Gasteiger partial charge in [-0.3, -0.25) is 0 Å². The summed E-state index contributed by atoms with van der Waals surface area (Å²) < 4.78 is 2.03. The van der Waals surface area contributed by atoms with Gasteiger partial charge in [0.1, 0.15) is 12.2 Å². The van der Waals surface area contributed by atoms with E-state index in [0.29, 0.717) is 0 Å². The van der Waals surface area contributed by atoms with Crippen LogP contribution in [-0.2, 0) is 13.1 Å². The molecular weight excluding hydrogens is 176 g/mol. The van der Waals surface area contributed by atoms with Crippen molar-refractivity contribution in [3.63, 3.8) is 0 Å². The highest BCUT2D eigenvalue weighted by molar-refractivity contribution is 4.95. The van der Waals surface area contributed by atoms with Crippen LogP contribution in [-0.4, -0.2) is 21.3 Å². The van der Waals surface area contributed by atoms with Gasteiger partial charge in [-0.2, -0.15) is 0 Å². The molecule has 0 aliphatic heterocycles. The quantitative estimate of drug-likeness (QED) is 0.554. The normalized spacial score (nSPS) is 9.57. The zero-order valence-electron chi connectivity index (χ0n) is 8.75. The molecule has 0 amide bonds. The lowest BCUT2D eigenvalue weighted by atomic mass is 10.4. The maximum absolute atomic E-state index is 4.02. The Labute approximate surface area is 84.7 Å². The summed E-state index contributed by atoms with van der Waals surface area (Å²) in [5, 5.41) is 11.1. The van der Waals surface area contributed by atoms with E-state index in [2.05, 4.69) is 34.3 Å². The first-order valence-corrected chi connectivity index (χ1v) is 4.85. The van der Waals surface area contributed by atoms with Gasteiger partial charge in [-0.15, -0.1) is 22.0 Å². The van der Waals surface area contributed by atoms with Crippen molar-refractivity contribution < 1.29 is 0 Å². The van der Waals surface area contributed by atoms with Gasteiger partial charge >= 0.3 is 0 Å². The van der Waals surface area contributed by atoms with Crippen LogP contribution in [0, 0.1) is 11.8 Å². The largest absolute Gasteiger partial charge is 0.317 e. The van der Waals surface area contributed by atoms with E-state index in [0.717, 1.165) is 31.9 Å². The summed E-state index contributed by atoms with van der Waals surface area (Å²) in [5.41, 5.74) is 0. The van der Waals surface area contributed by atoms with E-state index in [9.17, 15) is 0 Å². The topological polar surface area (TPSA) is 42.7 Å². The summed E-state index contributed by atoms with van der Waals surface area (Å²) in [6, 6.07) is 0. The van der Waals surface area contributed by atoms with Crippen LogP contribution in [0.2, 0.25) is 0 Å². The van der Waals surface area contributed by atoms with Crippen LogP contribution in [0.1, 0.15) is 26.1 Å². The summed E-state index contributed by atoms with van der Waals surface area (Å²) in [5.74, 6) is 6.85. The molecule has 1 aromatic heterocycles. The fourth-order valence-corrected chi connectivity index (χ4v) is 1.16. The number of hydrogen-bond donors (Lipinski definition) is 1. The number of hydrogen-bond acceptors (Lipinski definition) is 3. The van der Waals surface area contributed by atoms with E-state index in [1.807, 2.05) is 11.5 Å². The highest BCUT2D eigenvalue weighted by Gasteiger charge is 2.00. The zero-order valence-corrected chi connectivity index (χ0v) is 8.75. The van der Waals surface area contributed by atoms with E-state index in [1.165, 1.54) is 0 Å². The highest BCUT2D eigenvalue weighted by Crippen LogP contribution is 1.93. The molecule has 0 saturated heterocycles. The molecule has 0 bridgehead atoms. The van der Waals surface area contributed by atoms with Gasteiger partial charge in [0, 0.05) is 19.5 Å². The fourth-order valence-electron chi connectivity index (χ4n) is 1.16. The zero-order chi connectivity index (χ0) is 10.2. The van der Waals surface area contributed by atoms with Crippen molar-refractivity contribution >= 4 is 0 Å². The lowest BCUT2D eigenvalue weighted by Gasteiger charge is -2.03. The van der Waals surface area contributed by atoms with Crippen molar-refractivity contribution in [1.82, 2.24) is 20.1 Å². The smallest absolute Gasteiger partial charge is 0.146 e. The van der Waals surface area contributed by atoms with Gasteiger partial charge in [0.15, 0.2) is 0 Å². The molecule has 0 aliphatic rings. The SMILES string of the molecule is CC#CCCNCc1nncn1CC. The number of rotatable bonds is 5. The van der Waals surface area contributed by atoms with Crippen molar-refractivity contribution in [2.75, 3.05) is 6.54 Å². The molecule has 0 radical (unpaired) electrons. The third kappa shape index (κ3) is 3.19. The molecule has 1 N–H and O–H groups in total. The molecule has 14 heavy (non-hydrogen) atoms. The molecule has 0 spiro atoms. The fraction of sp³-hybridized carbons (Fsp3) is 0.600. The van der Waals surface area contributed by atoms with E-state index in [4.69, 9.17) is 0 Å². The number of aryl methyl sites for hydroxylation is 1. The van der Waals surface area contributed by atoms with E-state index >= 15 is 0 Å². The van der Waals surface area contributed by atoms with Crippen LogP contribution in [0.15, 0.2) is 6.33 Å². The predicted molar refractivity (Wildman–Crippen MR) is 55.5 cm³/mol. The van der Waals surface area contributed by atoms with Gasteiger partial charge < -0.3 is 9.88 Å². The van der Waals surface area contributed by atoms with E-state index in [-0.39, 0.29) is 0 Å². The molecule has 4 nitrogen and oxygen atoms in total. The number of aromatic nitrogens is 3. The van der Waals surface area contributed by atoms with E-state index in [1.54, 1.807) is 6.33 Å². The van der Waals surface area contributed by atoms with Crippen molar-refractivity contribution in [2.45, 2.75) is 33.4 Å². The summed E-state index contributed by atoms with van der Waals surface area (Å²) >= 11 is 0. The Bertz CT molecular complexity index is 318. The predicted octanol–water partition coefficient (Wildman–Crippen LogP) is 0.801. The van der Waals surface area contributed by atoms with E-state index < -0.39 is 0 Å². The minimum Gasteiger partial charge on any atom is -0.317 e. The summed E-state index contributed by atoms with van der Waals surface area (Å²) in [6.45, 7) is 6.51. The average molecular weight is 192 g/mol. The van der Waals surface area contributed by atoms with Crippen molar-refractivity contribution in [1.29, 1.82) is 0 Å². The molecule has 0 unspecified atom stereocenters. The first-order chi connectivity index (χ1) is 6.88. The number of nitrogens with one attached hydrogen (secondary N) is 1. The second-order valence-electron chi connectivity index (χ2n) is 2.89. The molecule has 1 heterocycles. The van der Waals surface area contributed by atoms with Gasteiger partial charge in [0.2, 0.25) is 0 Å². The van der Waals surface area contributed by atoms with Crippen LogP contribution >= 0.6 is 0 Å². The third-order valence-corrected chi connectivity index (χ3v) is 1.92. The summed E-state index contributed by atoms with van der Waals surface area (Å²) in [4.78, 5) is 0. The first kappa shape index (κ1) is 10.7. The van der Waals surface area contributed by atoms with Gasteiger partial charge in [0.25, 0.3) is 0 Å². The van der Waals surface area contributed by atoms with Gasteiger partial charge in [-0.05, 0) is 13.8 Å². The van der Waals surface area contributed by atoms with Crippen LogP contribution < -0.4 is 5.32 Å². The van der Waals surface area contributed by atoms with Gasteiger partial charge in [-0.25, -0.2) is 0 Å². The molecule has 0 fully saturated rings. The van der Waals surface area contributed by atoms with Crippen molar-refractivity contribution in [3.8, 4) is 11.8 Å². The lowest BCUT2D eigenvalue weighted by molar-refractivity contribution is 0.618. The van der Waals surface area contributed by atoms with Gasteiger partial charge in [0.05, 0.1) is 6.54 Å². The maximum Gasteiger partial charge on any atom is 0.146 e. The molecule has 0 saturated carbocycles. The Kier molecular flexibility index (Phi) is 4.73. The monoisotopic (exact) mass is 192 g/mol. The molecule has 0 aliphatic carbocycles. The summed E-state index contributed by atoms with van der Waals surface area (Å²) in [7, 11) is 0. The minimum atomic E-state index is 0.763. The Morgan fingerprint density at radius 1 is 1.57 bits per heavy atom. The molecule has 76 valence electrons. The third-order valence-electron chi connectivity index (χ3n) is 1.92. The second-order valence-corrected chi connectivity index (χ2v) is 2.89. The second kappa shape index (κ2) is 6.17. The maximum atomic E-state index is 4.02. The van der Waals surface area contributed by atoms with Crippen molar-refractivity contribution in [2.24, 2.45) is 0 Å². The molecule has 1 rings (SSSR count). The molecule has 4 heteroatoms. The van der Waals surface area contributed by atoms with Crippen LogP contribution in [0.3, 0.4) is 0 Å². The summed E-state index contributed by atoms with van der Waals surface area (Å²) in [6.07, 6.45) is 2.64. The highest BCUT2D eigenvalue weighted by atomic mass is 15.3. The molecule has 1 aromatic rings. The Morgan fingerprint density at radius 2 is 2.43 bits per heavy atom. The molecule has 0 aromatic carbocycles. The average Bonchev–Trinajstić information content (AvgIpc) is 2.65. The Morgan fingerprint density at radius 3 is 3.14 bits per heavy atom. The number of nitrogens with zero attached hydrogens (tertiary/aromatic N) is 3. The Balaban J connectivity index is 2.26. The lowest BCUT2D eigenvalue weighted by Crippen LogP contribution is -2.17. The Hall–Kier alpha value is -1.34. The van der Waals surface area contributed by atoms with Crippen LogP contribution in [0.5, 0.6) is 0 Å².